The van der Waals surface area contributed by atoms with E-state index in [0.29, 0.717) is 6.42 Å². The summed E-state index contributed by atoms with van der Waals surface area (Å²) in [7, 11) is 0. The number of benzene rings is 2. The third-order valence-corrected chi connectivity index (χ3v) is 3.67. The summed E-state index contributed by atoms with van der Waals surface area (Å²) < 4.78 is 0. The van der Waals surface area contributed by atoms with Crippen LogP contribution in [-0.4, -0.2) is 6.29 Å². The Morgan fingerprint density at radius 2 is 1.70 bits per heavy atom. The standard InChI is InChI=1S/C18H17ClO/c1-18(14-20,16-7-3-2-4-8-16)13-5-6-15-9-11-17(19)12-10-15/h2-12,14H,13H2,1H3/b6-5+/t18-/m1/s1. The third-order valence-electron chi connectivity index (χ3n) is 3.42. The van der Waals surface area contributed by atoms with Gasteiger partial charge in [-0.1, -0.05) is 66.2 Å². The first kappa shape index (κ1) is 14.5. The lowest BCUT2D eigenvalue weighted by molar-refractivity contribution is -0.112. The Kier molecular flexibility index (Phi) is 4.75. The second kappa shape index (κ2) is 6.53. The van der Waals surface area contributed by atoms with Crippen molar-refractivity contribution in [1.29, 1.82) is 0 Å². The van der Waals surface area contributed by atoms with Crippen LogP contribution in [0.3, 0.4) is 0 Å². The number of rotatable bonds is 5. The minimum absolute atomic E-state index is 0.482. The molecule has 0 saturated carbocycles. The molecule has 2 heteroatoms. The molecule has 0 amide bonds. The number of hydrogen-bond acceptors (Lipinski definition) is 1. The Morgan fingerprint density at radius 3 is 2.30 bits per heavy atom. The molecule has 0 aliphatic rings. The van der Waals surface area contributed by atoms with E-state index in [1.165, 1.54) is 0 Å². The van der Waals surface area contributed by atoms with Crippen molar-refractivity contribution in [2.24, 2.45) is 0 Å². The Labute approximate surface area is 124 Å². The zero-order valence-electron chi connectivity index (χ0n) is 11.4. The lowest BCUT2D eigenvalue weighted by atomic mass is 9.81. The van der Waals surface area contributed by atoms with Crippen LogP contribution in [0.2, 0.25) is 5.02 Å². The zero-order valence-corrected chi connectivity index (χ0v) is 12.2. The molecule has 0 N–H and O–H groups in total. The van der Waals surface area contributed by atoms with Crippen LogP contribution < -0.4 is 0 Å². The Bertz CT molecular complexity index is 587. The average Bonchev–Trinajstić information content (AvgIpc) is 2.50. The quantitative estimate of drug-likeness (QED) is 0.714. The molecule has 0 aliphatic carbocycles. The average molecular weight is 285 g/mol. The van der Waals surface area contributed by atoms with Gasteiger partial charge < -0.3 is 4.79 Å². The highest BCUT2D eigenvalue weighted by Crippen LogP contribution is 2.26. The molecule has 0 radical (unpaired) electrons. The highest BCUT2D eigenvalue weighted by atomic mass is 35.5. The monoisotopic (exact) mass is 284 g/mol. The molecular weight excluding hydrogens is 268 g/mol. The van der Waals surface area contributed by atoms with Gasteiger partial charge in [-0.25, -0.2) is 0 Å². The van der Waals surface area contributed by atoms with Crippen molar-refractivity contribution in [2.75, 3.05) is 0 Å². The van der Waals surface area contributed by atoms with Crippen molar-refractivity contribution in [2.45, 2.75) is 18.8 Å². The summed E-state index contributed by atoms with van der Waals surface area (Å²) in [6.45, 7) is 1.96. The minimum Gasteiger partial charge on any atom is -0.302 e. The molecule has 0 bridgehead atoms. The van der Waals surface area contributed by atoms with Crippen molar-refractivity contribution in [3.63, 3.8) is 0 Å². The summed E-state index contributed by atoms with van der Waals surface area (Å²) in [5.74, 6) is 0. The van der Waals surface area contributed by atoms with E-state index in [4.69, 9.17) is 11.6 Å². The van der Waals surface area contributed by atoms with Gasteiger partial charge in [-0.15, -0.1) is 0 Å². The molecule has 1 nitrogen and oxygen atoms in total. The second-order valence-electron chi connectivity index (χ2n) is 5.06. The van der Waals surface area contributed by atoms with Gasteiger partial charge in [0, 0.05) is 5.02 Å². The van der Waals surface area contributed by atoms with Crippen molar-refractivity contribution in [3.05, 3.63) is 76.8 Å². The molecular formula is C18H17ClO. The molecule has 0 heterocycles. The summed E-state index contributed by atoms with van der Waals surface area (Å²) in [6, 6.07) is 17.5. The number of carbonyl (C=O) groups excluding carboxylic acids is 1. The van der Waals surface area contributed by atoms with Crippen LogP contribution in [0.15, 0.2) is 60.7 Å². The maximum absolute atomic E-state index is 11.5. The largest absolute Gasteiger partial charge is 0.302 e. The van der Waals surface area contributed by atoms with Crippen molar-refractivity contribution in [3.8, 4) is 0 Å². The molecule has 0 spiro atoms. The lowest BCUT2D eigenvalue weighted by Crippen LogP contribution is -2.22. The highest BCUT2D eigenvalue weighted by molar-refractivity contribution is 6.30. The second-order valence-corrected chi connectivity index (χ2v) is 5.50. The Balaban J connectivity index is 2.11. The van der Waals surface area contributed by atoms with Crippen LogP contribution in [0.1, 0.15) is 24.5 Å². The fourth-order valence-electron chi connectivity index (χ4n) is 2.07. The van der Waals surface area contributed by atoms with Gasteiger partial charge in [0.25, 0.3) is 0 Å². The van der Waals surface area contributed by atoms with E-state index < -0.39 is 5.41 Å². The van der Waals surface area contributed by atoms with E-state index >= 15 is 0 Å². The van der Waals surface area contributed by atoms with Crippen LogP contribution in [0, 0.1) is 0 Å². The fraction of sp³-hybridized carbons (Fsp3) is 0.167. The number of halogens is 1. The summed E-state index contributed by atoms with van der Waals surface area (Å²) >= 11 is 5.85. The summed E-state index contributed by atoms with van der Waals surface area (Å²) in [5, 5.41) is 0.726. The van der Waals surface area contributed by atoms with Gasteiger partial charge in [0.1, 0.15) is 6.29 Å². The van der Waals surface area contributed by atoms with Crippen LogP contribution in [0.4, 0.5) is 0 Å². The van der Waals surface area contributed by atoms with E-state index in [2.05, 4.69) is 0 Å². The maximum Gasteiger partial charge on any atom is 0.130 e. The van der Waals surface area contributed by atoms with Gasteiger partial charge in [-0.05, 0) is 36.6 Å². The van der Waals surface area contributed by atoms with Crippen molar-refractivity contribution in [1.82, 2.24) is 0 Å². The molecule has 20 heavy (non-hydrogen) atoms. The number of carbonyl (C=O) groups is 1. The van der Waals surface area contributed by atoms with Gasteiger partial charge in [-0.2, -0.15) is 0 Å². The van der Waals surface area contributed by atoms with Crippen LogP contribution in [0.5, 0.6) is 0 Å². The molecule has 102 valence electrons. The maximum atomic E-state index is 11.5. The predicted octanol–water partition coefficient (Wildman–Crippen LogP) is 4.90. The molecule has 1 atom stereocenters. The van der Waals surface area contributed by atoms with Gasteiger partial charge in [0.05, 0.1) is 5.41 Å². The molecule has 0 aromatic heterocycles. The van der Waals surface area contributed by atoms with Gasteiger partial charge >= 0.3 is 0 Å². The van der Waals surface area contributed by atoms with Gasteiger partial charge in [-0.3, -0.25) is 0 Å². The Hall–Kier alpha value is -1.86. The lowest BCUT2D eigenvalue weighted by Gasteiger charge is -2.21. The predicted molar refractivity (Wildman–Crippen MR) is 85.0 cm³/mol. The topological polar surface area (TPSA) is 17.1 Å². The number of aldehydes is 1. The van der Waals surface area contributed by atoms with E-state index in [1.807, 2.05) is 73.7 Å². The smallest absolute Gasteiger partial charge is 0.130 e. The highest BCUT2D eigenvalue weighted by Gasteiger charge is 2.24. The molecule has 0 fully saturated rings. The Morgan fingerprint density at radius 1 is 1.05 bits per heavy atom. The van der Waals surface area contributed by atoms with Crippen LogP contribution in [0.25, 0.3) is 6.08 Å². The minimum atomic E-state index is -0.482. The number of hydrogen-bond donors (Lipinski definition) is 0. The molecule has 2 aromatic rings. The van der Waals surface area contributed by atoms with Crippen molar-refractivity contribution >= 4 is 24.0 Å². The summed E-state index contributed by atoms with van der Waals surface area (Å²) in [6.07, 6.45) is 5.74. The summed E-state index contributed by atoms with van der Waals surface area (Å²) in [5.41, 5.74) is 1.64. The van der Waals surface area contributed by atoms with Gasteiger partial charge in [0.15, 0.2) is 0 Å². The van der Waals surface area contributed by atoms with E-state index in [1.54, 1.807) is 0 Å². The summed E-state index contributed by atoms with van der Waals surface area (Å²) in [4.78, 5) is 11.5. The molecule has 2 rings (SSSR count). The van der Waals surface area contributed by atoms with E-state index in [-0.39, 0.29) is 0 Å². The van der Waals surface area contributed by atoms with Gasteiger partial charge in [0.2, 0.25) is 0 Å². The van der Waals surface area contributed by atoms with Crippen LogP contribution >= 0.6 is 11.6 Å². The number of allylic oxidation sites excluding steroid dienone is 1. The molecule has 2 aromatic carbocycles. The zero-order chi connectivity index (χ0) is 14.4. The SMILES string of the molecule is C[C@](C=O)(C/C=C/c1ccc(Cl)cc1)c1ccccc1. The first-order chi connectivity index (χ1) is 9.64. The van der Waals surface area contributed by atoms with E-state index in [0.717, 1.165) is 22.4 Å². The van der Waals surface area contributed by atoms with Crippen molar-refractivity contribution < 1.29 is 4.79 Å². The fourth-order valence-corrected chi connectivity index (χ4v) is 2.19. The van der Waals surface area contributed by atoms with E-state index in [9.17, 15) is 4.79 Å². The third kappa shape index (κ3) is 3.58. The normalized spacial score (nSPS) is 14.1. The molecule has 0 aliphatic heterocycles. The molecule has 0 unspecified atom stereocenters. The first-order valence-electron chi connectivity index (χ1n) is 6.58. The first-order valence-corrected chi connectivity index (χ1v) is 6.96. The molecule has 0 saturated heterocycles. The van der Waals surface area contributed by atoms with Crippen LogP contribution in [-0.2, 0) is 10.2 Å².